The van der Waals surface area contributed by atoms with Gasteiger partial charge in [0.05, 0.1) is 39.0 Å². The van der Waals surface area contributed by atoms with Crippen LogP contribution in [-0.4, -0.2) is 17.6 Å². The molecule has 1 aliphatic heterocycles. The zero-order valence-electron chi connectivity index (χ0n) is 20.5. The summed E-state index contributed by atoms with van der Waals surface area (Å²) in [7, 11) is 1.32. The Morgan fingerprint density at radius 2 is 1.79 bits per heavy atom. The Kier molecular flexibility index (Phi) is 7.51. The van der Waals surface area contributed by atoms with Crippen molar-refractivity contribution in [3.63, 3.8) is 0 Å². The molecule has 6 nitrogen and oxygen atoms in total. The molecule has 0 radical (unpaired) electrons. The van der Waals surface area contributed by atoms with E-state index in [0.717, 1.165) is 16.7 Å². The van der Waals surface area contributed by atoms with Crippen LogP contribution in [0.3, 0.4) is 0 Å². The van der Waals surface area contributed by atoms with Crippen LogP contribution < -0.4 is 19.6 Å². The predicted molar refractivity (Wildman–Crippen MR) is 149 cm³/mol. The van der Waals surface area contributed by atoms with Crippen LogP contribution in [0, 0.1) is 0 Å². The van der Waals surface area contributed by atoms with Crippen molar-refractivity contribution < 1.29 is 14.3 Å². The van der Waals surface area contributed by atoms with Crippen molar-refractivity contribution in [2.75, 3.05) is 7.11 Å². The van der Waals surface area contributed by atoms with E-state index in [-0.39, 0.29) is 5.56 Å². The van der Waals surface area contributed by atoms with Crippen LogP contribution in [-0.2, 0) is 16.1 Å². The largest absolute Gasteiger partial charge is 0.489 e. The Morgan fingerprint density at radius 1 is 1.05 bits per heavy atom. The molecule has 38 heavy (non-hydrogen) atoms. The maximum Gasteiger partial charge on any atom is 0.338 e. The SMILES string of the molecule is COC(=O)C1=C(C)N=c2sc(=Cc3ccc(Cl)c(Cl)c3)c(=O)n2C1c1ccc(OCc2ccccc2)cc1. The number of rotatable bonds is 6. The summed E-state index contributed by atoms with van der Waals surface area (Å²) in [4.78, 5) is 31.6. The summed E-state index contributed by atoms with van der Waals surface area (Å²) in [6.07, 6.45) is 1.74. The minimum Gasteiger partial charge on any atom is -0.489 e. The van der Waals surface area contributed by atoms with E-state index in [1.54, 1.807) is 31.2 Å². The number of benzene rings is 3. The fourth-order valence-electron chi connectivity index (χ4n) is 4.25. The lowest BCUT2D eigenvalue weighted by Gasteiger charge is -2.24. The Labute approximate surface area is 232 Å². The molecule has 1 unspecified atom stereocenters. The molecule has 9 heteroatoms. The van der Waals surface area contributed by atoms with Gasteiger partial charge in [-0.2, -0.15) is 0 Å². The van der Waals surface area contributed by atoms with Crippen LogP contribution in [0.1, 0.15) is 29.7 Å². The Balaban J connectivity index is 1.56. The average Bonchev–Trinajstić information content (AvgIpc) is 3.23. The number of hydrogen-bond acceptors (Lipinski definition) is 6. The Hall–Kier alpha value is -3.65. The van der Waals surface area contributed by atoms with Crippen LogP contribution in [0.15, 0.2) is 93.9 Å². The maximum absolute atomic E-state index is 13.7. The Bertz CT molecular complexity index is 1730. The number of thiazole rings is 1. The molecule has 0 amide bonds. The first kappa shape index (κ1) is 26.0. The van der Waals surface area contributed by atoms with Gasteiger partial charge in [0.15, 0.2) is 4.80 Å². The average molecular weight is 565 g/mol. The summed E-state index contributed by atoms with van der Waals surface area (Å²) in [6.45, 7) is 2.17. The fraction of sp³-hybridized carbons (Fsp3) is 0.138. The number of fused-ring (bicyclic) bond motifs is 1. The van der Waals surface area contributed by atoms with Gasteiger partial charge in [0.25, 0.3) is 5.56 Å². The highest BCUT2D eigenvalue weighted by atomic mass is 35.5. The highest BCUT2D eigenvalue weighted by molar-refractivity contribution is 7.07. The van der Waals surface area contributed by atoms with E-state index in [2.05, 4.69) is 4.99 Å². The summed E-state index contributed by atoms with van der Waals surface area (Å²) in [5.74, 6) is 0.129. The van der Waals surface area contributed by atoms with Gasteiger partial charge in [-0.15, -0.1) is 0 Å². The van der Waals surface area contributed by atoms with Crippen LogP contribution in [0.2, 0.25) is 10.0 Å². The van der Waals surface area contributed by atoms with Gasteiger partial charge < -0.3 is 9.47 Å². The lowest BCUT2D eigenvalue weighted by molar-refractivity contribution is -0.136. The van der Waals surface area contributed by atoms with Gasteiger partial charge in [-0.1, -0.05) is 83.1 Å². The summed E-state index contributed by atoms with van der Waals surface area (Å²) >= 11 is 13.4. The molecule has 1 atom stereocenters. The predicted octanol–water partition coefficient (Wildman–Crippen LogP) is 5.29. The van der Waals surface area contributed by atoms with E-state index in [1.807, 2.05) is 54.6 Å². The number of ether oxygens (including phenoxy) is 2. The number of carbonyl (C=O) groups is 1. The van der Waals surface area contributed by atoms with Crippen molar-refractivity contribution in [2.45, 2.75) is 19.6 Å². The van der Waals surface area contributed by atoms with Gasteiger partial charge in [0.2, 0.25) is 0 Å². The molecule has 5 rings (SSSR count). The van der Waals surface area contributed by atoms with E-state index in [4.69, 9.17) is 32.7 Å². The molecule has 1 aromatic heterocycles. The molecule has 0 aliphatic carbocycles. The van der Waals surface area contributed by atoms with Gasteiger partial charge in [0.1, 0.15) is 12.4 Å². The van der Waals surface area contributed by atoms with Crippen molar-refractivity contribution >= 4 is 46.6 Å². The molecular formula is C29H22Cl2N2O4S. The fourth-order valence-corrected chi connectivity index (χ4v) is 5.60. The first-order chi connectivity index (χ1) is 18.4. The molecule has 0 saturated heterocycles. The summed E-state index contributed by atoms with van der Waals surface area (Å²) in [6, 6.07) is 21.7. The summed E-state index contributed by atoms with van der Waals surface area (Å²) in [5, 5.41) is 0.823. The van der Waals surface area contributed by atoms with Crippen LogP contribution in [0.25, 0.3) is 6.08 Å². The first-order valence-corrected chi connectivity index (χ1v) is 13.3. The normalized spacial score (nSPS) is 15.2. The van der Waals surface area contributed by atoms with E-state index < -0.39 is 12.0 Å². The quantitative estimate of drug-likeness (QED) is 0.298. The third kappa shape index (κ3) is 5.18. The molecule has 1 aliphatic rings. The number of hydrogen-bond donors (Lipinski definition) is 0. The minimum absolute atomic E-state index is 0.275. The van der Waals surface area contributed by atoms with Gasteiger partial charge in [-0.25, -0.2) is 9.79 Å². The summed E-state index contributed by atoms with van der Waals surface area (Å²) < 4.78 is 13.0. The highest BCUT2D eigenvalue weighted by Crippen LogP contribution is 2.31. The molecule has 3 aromatic carbocycles. The number of esters is 1. The van der Waals surface area contributed by atoms with Gasteiger partial charge in [-0.05, 0) is 54.0 Å². The van der Waals surface area contributed by atoms with Gasteiger partial charge in [0, 0.05) is 0 Å². The van der Waals surface area contributed by atoms with Gasteiger partial charge in [-0.3, -0.25) is 9.36 Å². The molecule has 0 N–H and O–H groups in total. The van der Waals surface area contributed by atoms with E-state index in [9.17, 15) is 9.59 Å². The minimum atomic E-state index is -0.710. The van der Waals surface area contributed by atoms with Crippen LogP contribution in [0.4, 0.5) is 0 Å². The smallest absolute Gasteiger partial charge is 0.338 e. The Morgan fingerprint density at radius 3 is 2.47 bits per heavy atom. The highest BCUT2D eigenvalue weighted by Gasteiger charge is 2.33. The standard InChI is InChI=1S/C29H22Cl2N2O4S/c1-17-25(28(35)36-2)26(20-9-11-21(12-10-20)37-16-18-6-4-3-5-7-18)33-27(34)24(38-29(33)32-17)15-19-8-13-22(30)23(31)14-19/h3-15,26H,16H2,1-2H3. The monoisotopic (exact) mass is 564 g/mol. The van der Waals surface area contributed by atoms with Crippen molar-refractivity contribution in [1.29, 1.82) is 0 Å². The van der Waals surface area contributed by atoms with E-state index in [0.29, 0.717) is 43.0 Å². The second-order valence-electron chi connectivity index (χ2n) is 8.59. The number of aromatic nitrogens is 1. The first-order valence-electron chi connectivity index (χ1n) is 11.7. The topological polar surface area (TPSA) is 69.9 Å². The third-order valence-electron chi connectivity index (χ3n) is 6.11. The number of halogens is 2. The molecule has 192 valence electrons. The molecular weight excluding hydrogens is 543 g/mol. The lowest BCUT2D eigenvalue weighted by atomic mass is 9.96. The number of allylic oxidation sites excluding steroid dienone is 1. The lowest BCUT2D eigenvalue weighted by Crippen LogP contribution is -2.39. The number of carbonyl (C=O) groups excluding carboxylic acids is 1. The molecule has 0 bridgehead atoms. The van der Waals surface area contributed by atoms with E-state index in [1.165, 1.54) is 23.0 Å². The second kappa shape index (κ2) is 11.0. The number of methoxy groups -OCH3 is 1. The van der Waals surface area contributed by atoms with Crippen molar-refractivity contribution in [1.82, 2.24) is 4.57 Å². The van der Waals surface area contributed by atoms with Gasteiger partial charge >= 0.3 is 5.97 Å². The second-order valence-corrected chi connectivity index (χ2v) is 10.4. The number of nitrogens with zero attached hydrogens (tertiary/aromatic N) is 2. The molecule has 4 aromatic rings. The maximum atomic E-state index is 13.7. The third-order valence-corrected chi connectivity index (χ3v) is 7.83. The molecule has 0 spiro atoms. The van der Waals surface area contributed by atoms with Crippen molar-refractivity contribution in [3.05, 3.63) is 130 Å². The van der Waals surface area contributed by atoms with E-state index >= 15 is 0 Å². The van der Waals surface area contributed by atoms with Crippen LogP contribution in [0.5, 0.6) is 5.75 Å². The summed E-state index contributed by atoms with van der Waals surface area (Å²) in [5.41, 5.74) is 3.03. The zero-order valence-corrected chi connectivity index (χ0v) is 22.8. The molecule has 0 saturated carbocycles. The molecule has 2 heterocycles. The van der Waals surface area contributed by atoms with Crippen LogP contribution >= 0.6 is 34.5 Å². The van der Waals surface area contributed by atoms with Crippen molar-refractivity contribution in [3.8, 4) is 5.75 Å². The van der Waals surface area contributed by atoms with Crippen molar-refractivity contribution in [2.24, 2.45) is 4.99 Å². The zero-order chi connectivity index (χ0) is 26.8. The molecule has 0 fully saturated rings.